The average molecular weight is 194 g/mol. The number of benzene rings is 1. The van der Waals surface area contributed by atoms with E-state index in [1.54, 1.807) is 12.1 Å². The molecule has 0 fully saturated rings. The Balaban J connectivity index is 2.47. The van der Waals surface area contributed by atoms with Crippen LogP contribution in [0.1, 0.15) is 17.2 Å². The molecule has 0 spiro atoms. The molecular weight excluding hydrogens is 179 g/mol. The van der Waals surface area contributed by atoms with Gasteiger partial charge in [-0.25, -0.2) is 4.39 Å². The van der Waals surface area contributed by atoms with Gasteiger partial charge in [-0.2, -0.15) is 0 Å². The van der Waals surface area contributed by atoms with Gasteiger partial charge in [-0.05, 0) is 25.7 Å². The van der Waals surface area contributed by atoms with Gasteiger partial charge in [0.2, 0.25) is 0 Å². The largest absolute Gasteiger partial charge is 0.311 e. The van der Waals surface area contributed by atoms with Gasteiger partial charge in [-0.1, -0.05) is 12.1 Å². The number of rotatable bonds is 1. The van der Waals surface area contributed by atoms with E-state index in [0.717, 1.165) is 24.2 Å². The van der Waals surface area contributed by atoms with Crippen molar-refractivity contribution in [2.75, 3.05) is 20.6 Å². The van der Waals surface area contributed by atoms with E-state index in [4.69, 9.17) is 0 Å². The van der Waals surface area contributed by atoms with Crippen LogP contribution < -0.4 is 5.32 Å². The van der Waals surface area contributed by atoms with Crippen LogP contribution in [0.2, 0.25) is 0 Å². The van der Waals surface area contributed by atoms with Crippen molar-refractivity contribution in [3.05, 3.63) is 35.1 Å². The highest BCUT2D eigenvalue weighted by molar-refractivity contribution is 5.33. The molecule has 0 saturated heterocycles. The molecule has 1 aliphatic heterocycles. The lowest BCUT2D eigenvalue weighted by molar-refractivity contribution is 0.268. The zero-order chi connectivity index (χ0) is 10.1. The van der Waals surface area contributed by atoms with Crippen LogP contribution in [-0.2, 0) is 6.54 Å². The van der Waals surface area contributed by atoms with Crippen LogP contribution in [0.3, 0.4) is 0 Å². The molecule has 3 heteroatoms. The minimum Gasteiger partial charge on any atom is -0.311 e. The lowest BCUT2D eigenvalue weighted by Crippen LogP contribution is -2.36. The van der Waals surface area contributed by atoms with Crippen molar-refractivity contribution in [3.8, 4) is 0 Å². The molecule has 0 unspecified atom stereocenters. The van der Waals surface area contributed by atoms with E-state index in [0.29, 0.717) is 0 Å². The van der Waals surface area contributed by atoms with Crippen LogP contribution >= 0.6 is 0 Å². The fraction of sp³-hybridized carbons (Fsp3) is 0.455. The van der Waals surface area contributed by atoms with Gasteiger partial charge < -0.3 is 10.2 Å². The third kappa shape index (κ3) is 1.53. The Labute approximate surface area is 83.7 Å². The van der Waals surface area contributed by atoms with Crippen molar-refractivity contribution in [2.24, 2.45) is 0 Å². The maximum absolute atomic E-state index is 13.6. The smallest absolute Gasteiger partial charge is 0.128 e. The highest BCUT2D eigenvalue weighted by Crippen LogP contribution is 2.27. The molecule has 1 aliphatic rings. The molecule has 1 aromatic carbocycles. The fourth-order valence-corrected chi connectivity index (χ4v) is 2.00. The summed E-state index contributed by atoms with van der Waals surface area (Å²) in [5, 5.41) is 3.29. The fourth-order valence-electron chi connectivity index (χ4n) is 2.00. The lowest BCUT2D eigenvalue weighted by Gasteiger charge is -2.31. The Morgan fingerprint density at radius 1 is 1.43 bits per heavy atom. The van der Waals surface area contributed by atoms with Crippen molar-refractivity contribution >= 4 is 0 Å². The lowest BCUT2D eigenvalue weighted by atomic mass is 9.95. The molecule has 0 bridgehead atoms. The Hall–Kier alpha value is -0.930. The van der Waals surface area contributed by atoms with Crippen molar-refractivity contribution in [1.82, 2.24) is 10.2 Å². The predicted octanol–water partition coefficient (Wildman–Crippen LogP) is 1.53. The molecule has 0 radical (unpaired) electrons. The minimum absolute atomic E-state index is 0.0808. The highest BCUT2D eigenvalue weighted by Gasteiger charge is 2.24. The van der Waals surface area contributed by atoms with Gasteiger partial charge in [0.1, 0.15) is 5.82 Å². The van der Waals surface area contributed by atoms with E-state index >= 15 is 0 Å². The standard InChI is InChI=1S/C11H15FN2/c1-14(2)10-7-13-6-8-4-3-5-9(12)11(8)10/h3-5,10,13H,6-7H2,1-2H3/t10-/m0/s1. The van der Waals surface area contributed by atoms with Crippen molar-refractivity contribution in [2.45, 2.75) is 12.6 Å². The first-order chi connectivity index (χ1) is 6.70. The second-order valence-corrected chi connectivity index (χ2v) is 3.92. The van der Waals surface area contributed by atoms with Crippen LogP contribution in [0.4, 0.5) is 4.39 Å². The van der Waals surface area contributed by atoms with Gasteiger partial charge in [-0.3, -0.25) is 0 Å². The summed E-state index contributed by atoms with van der Waals surface area (Å²) in [6, 6.07) is 5.45. The third-order valence-corrected chi connectivity index (χ3v) is 2.75. The van der Waals surface area contributed by atoms with E-state index in [9.17, 15) is 4.39 Å². The van der Waals surface area contributed by atoms with Gasteiger partial charge in [0.15, 0.2) is 0 Å². The summed E-state index contributed by atoms with van der Waals surface area (Å²) >= 11 is 0. The van der Waals surface area contributed by atoms with Crippen molar-refractivity contribution < 1.29 is 4.39 Å². The number of nitrogens with one attached hydrogen (secondary N) is 1. The number of halogens is 1. The SMILES string of the molecule is CN(C)[C@H]1CNCc2cccc(F)c21. The molecule has 0 aliphatic carbocycles. The number of hydrogen-bond donors (Lipinski definition) is 1. The maximum Gasteiger partial charge on any atom is 0.128 e. The first-order valence-corrected chi connectivity index (χ1v) is 4.84. The number of likely N-dealkylation sites (N-methyl/N-ethyl adjacent to an activating group) is 1. The number of nitrogens with zero attached hydrogens (tertiary/aromatic N) is 1. The zero-order valence-corrected chi connectivity index (χ0v) is 8.55. The van der Waals surface area contributed by atoms with Gasteiger partial charge in [-0.15, -0.1) is 0 Å². The molecule has 1 atom stereocenters. The Morgan fingerprint density at radius 3 is 2.93 bits per heavy atom. The molecular formula is C11H15FN2. The van der Waals surface area contributed by atoms with Crippen molar-refractivity contribution in [1.29, 1.82) is 0 Å². The van der Waals surface area contributed by atoms with E-state index in [1.165, 1.54) is 0 Å². The van der Waals surface area contributed by atoms with Gasteiger partial charge >= 0.3 is 0 Å². The van der Waals surface area contributed by atoms with E-state index in [2.05, 4.69) is 5.32 Å². The molecule has 0 amide bonds. The van der Waals surface area contributed by atoms with E-state index in [-0.39, 0.29) is 11.9 Å². The van der Waals surface area contributed by atoms with Crippen LogP contribution in [0, 0.1) is 5.82 Å². The number of fused-ring (bicyclic) bond motifs is 1. The normalized spacial score (nSPS) is 21.0. The van der Waals surface area contributed by atoms with E-state index in [1.807, 2.05) is 25.1 Å². The molecule has 1 aromatic rings. The van der Waals surface area contributed by atoms with E-state index < -0.39 is 0 Å². The van der Waals surface area contributed by atoms with Gasteiger partial charge in [0.25, 0.3) is 0 Å². The highest BCUT2D eigenvalue weighted by atomic mass is 19.1. The maximum atomic E-state index is 13.6. The summed E-state index contributed by atoms with van der Waals surface area (Å²) in [4.78, 5) is 2.05. The van der Waals surface area contributed by atoms with Crippen molar-refractivity contribution in [3.63, 3.8) is 0 Å². The summed E-state index contributed by atoms with van der Waals surface area (Å²) < 4.78 is 13.6. The molecule has 1 N–H and O–H groups in total. The van der Waals surface area contributed by atoms with Gasteiger partial charge in [0.05, 0.1) is 0 Å². The molecule has 0 aromatic heterocycles. The molecule has 0 saturated carbocycles. The number of hydrogen-bond acceptors (Lipinski definition) is 2. The Kier molecular flexibility index (Phi) is 2.52. The topological polar surface area (TPSA) is 15.3 Å². The third-order valence-electron chi connectivity index (χ3n) is 2.75. The first-order valence-electron chi connectivity index (χ1n) is 4.84. The monoisotopic (exact) mass is 194 g/mol. The molecule has 1 heterocycles. The van der Waals surface area contributed by atoms with Crippen LogP contribution in [0.25, 0.3) is 0 Å². The molecule has 14 heavy (non-hydrogen) atoms. The second kappa shape index (κ2) is 3.67. The summed E-state index contributed by atoms with van der Waals surface area (Å²) in [6.07, 6.45) is 0. The van der Waals surface area contributed by atoms with Gasteiger partial charge in [0, 0.05) is 24.7 Å². The second-order valence-electron chi connectivity index (χ2n) is 3.92. The van der Waals surface area contributed by atoms with Crippen LogP contribution in [0.15, 0.2) is 18.2 Å². The van der Waals surface area contributed by atoms with Crippen LogP contribution in [-0.4, -0.2) is 25.5 Å². The van der Waals surface area contributed by atoms with Crippen LogP contribution in [0.5, 0.6) is 0 Å². The zero-order valence-electron chi connectivity index (χ0n) is 8.55. The Bertz CT molecular complexity index is 336. The summed E-state index contributed by atoms with van der Waals surface area (Å²) in [7, 11) is 3.96. The first kappa shape index (κ1) is 9.62. The summed E-state index contributed by atoms with van der Waals surface area (Å²) in [6.45, 7) is 1.60. The minimum atomic E-state index is -0.0808. The Morgan fingerprint density at radius 2 is 2.21 bits per heavy atom. The average Bonchev–Trinajstić information content (AvgIpc) is 2.17. The summed E-state index contributed by atoms with van der Waals surface area (Å²) in [5.41, 5.74) is 1.94. The predicted molar refractivity (Wildman–Crippen MR) is 54.5 cm³/mol. The summed E-state index contributed by atoms with van der Waals surface area (Å²) in [5.74, 6) is -0.0808. The molecule has 2 nitrogen and oxygen atoms in total. The quantitative estimate of drug-likeness (QED) is 0.729. The molecule has 2 rings (SSSR count). The molecule has 76 valence electrons.